The molecule has 1 amide bonds. The monoisotopic (exact) mass is 603 g/mol. The number of benzene rings is 2. The average molecular weight is 604 g/mol. The third-order valence-electron chi connectivity index (χ3n) is 6.20. The van der Waals surface area contributed by atoms with Crippen LogP contribution in [0.1, 0.15) is 60.3 Å². The molecule has 1 aromatic heterocycles. The zero-order valence-electron chi connectivity index (χ0n) is 24.0. The zero-order chi connectivity index (χ0) is 30.2. The Morgan fingerprint density at radius 1 is 1.05 bits per heavy atom. The highest BCUT2D eigenvalue weighted by molar-refractivity contribution is 7.99. The van der Waals surface area contributed by atoms with E-state index in [0.717, 1.165) is 11.1 Å². The molecule has 5 N–H and O–H groups in total. The lowest BCUT2D eigenvalue weighted by atomic mass is 10.1. The number of rotatable bonds is 15. The fourth-order valence-corrected chi connectivity index (χ4v) is 5.35. The summed E-state index contributed by atoms with van der Waals surface area (Å²) < 4.78 is 1.68. The van der Waals surface area contributed by atoms with Crippen molar-refractivity contribution in [2.75, 3.05) is 25.4 Å². The predicted molar refractivity (Wildman–Crippen MR) is 167 cm³/mol. The molecule has 0 aliphatic rings. The van der Waals surface area contributed by atoms with E-state index < -0.39 is 24.7 Å². The number of nitrogens with one attached hydrogen (secondary N) is 2. The molecule has 8 nitrogen and oxygen atoms in total. The first-order valence-electron chi connectivity index (χ1n) is 14.0. The van der Waals surface area contributed by atoms with E-state index >= 15 is 0 Å². The van der Waals surface area contributed by atoms with E-state index in [1.54, 1.807) is 28.8 Å². The number of nitrogens with zero attached hydrogens (tertiary/aromatic N) is 1. The van der Waals surface area contributed by atoms with E-state index in [1.165, 1.54) is 18.0 Å². The summed E-state index contributed by atoms with van der Waals surface area (Å²) in [6.45, 7) is 6.94. The molecule has 2 atom stereocenters. The number of aliphatic hydroxyl groups is 3. The number of hydrogen-bond donors (Lipinski definition) is 5. The van der Waals surface area contributed by atoms with Gasteiger partial charge in [0.2, 0.25) is 0 Å². The molecule has 0 saturated heterocycles. The Hall–Kier alpha value is -2.66. The van der Waals surface area contributed by atoms with Crippen LogP contribution in [0.3, 0.4) is 0 Å². The van der Waals surface area contributed by atoms with Gasteiger partial charge in [0.1, 0.15) is 5.56 Å². The van der Waals surface area contributed by atoms with Gasteiger partial charge in [-0.3, -0.25) is 9.59 Å². The summed E-state index contributed by atoms with van der Waals surface area (Å²) in [7, 11) is 0. The Bertz CT molecular complexity index is 1260. The van der Waals surface area contributed by atoms with E-state index in [-0.39, 0.29) is 24.1 Å². The van der Waals surface area contributed by atoms with Crippen molar-refractivity contribution in [1.29, 1.82) is 0 Å². The molecule has 0 bridgehead atoms. The van der Waals surface area contributed by atoms with Gasteiger partial charge in [0.05, 0.1) is 30.4 Å². The Labute approximate surface area is 251 Å². The van der Waals surface area contributed by atoms with Crippen LogP contribution in [0.4, 0.5) is 0 Å². The van der Waals surface area contributed by atoms with Crippen LogP contribution in [0, 0.1) is 0 Å². The van der Waals surface area contributed by atoms with Gasteiger partial charge in [-0.25, -0.2) is 0 Å². The van der Waals surface area contributed by atoms with Crippen molar-refractivity contribution in [3.05, 3.63) is 98.3 Å². The van der Waals surface area contributed by atoms with Crippen LogP contribution in [0.15, 0.2) is 70.6 Å². The molecule has 0 spiro atoms. The minimum Gasteiger partial charge on any atom is -0.394 e. The first-order chi connectivity index (χ1) is 19.8. The van der Waals surface area contributed by atoms with Gasteiger partial charge in [-0.1, -0.05) is 74.8 Å². The lowest BCUT2D eigenvalue weighted by Crippen LogP contribution is -2.33. The Morgan fingerprint density at radius 2 is 1.73 bits per heavy atom. The second-order valence-corrected chi connectivity index (χ2v) is 10.6. The van der Waals surface area contributed by atoms with Gasteiger partial charge in [0.15, 0.2) is 5.43 Å². The smallest absolute Gasteiger partial charge is 0.257 e. The zero-order valence-corrected chi connectivity index (χ0v) is 25.5. The van der Waals surface area contributed by atoms with Gasteiger partial charge < -0.3 is 30.5 Å². The molecule has 0 aliphatic heterocycles. The Kier molecular flexibility index (Phi) is 15.8. The quantitative estimate of drug-likeness (QED) is 0.130. The molecule has 0 aliphatic carbocycles. The van der Waals surface area contributed by atoms with Crippen molar-refractivity contribution in [2.45, 2.75) is 63.9 Å². The highest BCUT2D eigenvalue weighted by Crippen LogP contribution is 2.23. The Balaban J connectivity index is 0.00000287. The highest BCUT2D eigenvalue weighted by Gasteiger charge is 2.20. The SMILES string of the molecule is CC.CCc1c(SCCNCCC(O)c2ccccc2)n(CC(O)CO)cc(C(=O)NCc2ccc(Cl)cc2)c1=O. The van der Waals surface area contributed by atoms with Crippen LogP contribution in [-0.2, 0) is 19.5 Å². The molecule has 41 heavy (non-hydrogen) atoms. The summed E-state index contributed by atoms with van der Waals surface area (Å²) in [5, 5.41) is 37.3. The van der Waals surface area contributed by atoms with E-state index in [1.807, 2.05) is 51.1 Å². The van der Waals surface area contributed by atoms with Gasteiger partial charge in [-0.15, -0.1) is 11.8 Å². The minimum atomic E-state index is -1.04. The van der Waals surface area contributed by atoms with Crippen LogP contribution in [-0.4, -0.2) is 57.3 Å². The second-order valence-electron chi connectivity index (χ2n) is 9.12. The number of thioether (sulfide) groups is 1. The number of amides is 1. The van der Waals surface area contributed by atoms with Crippen LogP contribution < -0.4 is 16.1 Å². The summed E-state index contributed by atoms with van der Waals surface area (Å²) in [4.78, 5) is 26.3. The molecule has 2 unspecified atom stereocenters. The predicted octanol–water partition coefficient (Wildman–Crippen LogP) is 4.18. The number of aromatic nitrogens is 1. The molecule has 0 fully saturated rings. The van der Waals surface area contributed by atoms with Crippen molar-refractivity contribution < 1.29 is 20.1 Å². The molecule has 1 heterocycles. The van der Waals surface area contributed by atoms with Crippen molar-refractivity contribution in [1.82, 2.24) is 15.2 Å². The summed E-state index contributed by atoms with van der Waals surface area (Å²) in [6.07, 6.45) is 0.859. The number of halogens is 1. The largest absolute Gasteiger partial charge is 0.394 e. The molecular weight excluding hydrogens is 562 g/mol. The van der Waals surface area contributed by atoms with Gasteiger partial charge in [-0.2, -0.15) is 0 Å². The maximum absolute atomic E-state index is 13.3. The van der Waals surface area contributed by atoms with Crippen LogP contribution in [0.5, 0.6) is 0 Å². The third kappa shape index (κ3) is 10.9. The van der Waals surface area contributed by atoms with Gasteiger partial charge in [-0.05, 0) is 42.6 Å². The van der Waals surface area contributed by atoms with Crippen LogP contribution in [0.2, 0.25) is 5.02 Å². The molecular formula is C31H42ClN3O5S. The molecule has 224 valence electrons. The molecule has 3 rings (SSSR count). The number of aliphatic hydroxyl groups excluding tert-OH is 3. The summed E-state index contributed by atoms with van der Waals surface area (Å²) in [5.74, 6) is 0.123. The van der Waals surface area contributed by atoms with Crippen LogP contribution in [0.25, 0.3) is 0 Å². The number of pyridine rings is 1. The summed E-state index contributed by atoms with van der Waals surface area (Å²) in [5.41, 5.74) is 1.86. The highest BCUT2D eigenvalue weighted by atomic mass is 35.5. The number of carbonyl (C=O) groups excluding carboxylic acids is 1. The summed E-state index contributed by atoms with van der Waals surface area (Å²) in [6, 6.07) is 16.6. The van der Waals surface area contributed by atoms with Gasteiger partial charge >= 0.3 is 0 Å². The molecule has 3 aromatic rings. The van der Waals surface area contributed by atoms with Crippen LogP contribution >= 0.6 is 23.4 Å². The van der Waals surface area contributed by atoms with Gasteiger partial charge in [0.25, 0.3) is 5.91 Å². The van der Waals surface area contributed by atoms with E-state index in [2.05, 4.69) is 10.6 Å². The topological polar surface area (TPSA) is 124 Å². The number of hydrogen-bond acceptors (Lipinski definition) is 7. The lowest BCUT2D eigenvalue weighted by Gasteiger charge is -2.20. The lowest BCUT2D eigenvalue weighted by molar-refractivity contribution is 0.0787. The standard InChI is InChI=1S/C29H36ClN3O5S.C2H6/c1-2-24-27(37)25(28(38)32-16-20-8-10-22(30)11-9-20)18-33(17-23(35)19-34)29(24)39-15-14-31-13-12-26(36)21-6-4-3-5-7-21;1-2/h3-11,18,23,26,31,34-36H,2,12-17,19H2,1H3,(H,32,38);1-2H3. The van der Waals surface area contributed by atoms with Crippen molar-refractivity contribution in [2.24, 2.45) is 0 Å². The molecule has 0 radical (unpaired) electrons. The minimum absolute atomic E-state index is 0.0108. The normalized spacial score (nSPS) is 12.3. The fraction of sp³-hybridized carbons (Fsp3) is 0.419. The second kappa shape index (κ2) is 18.7. The van der Waals surface area contributed by atoms with Crippen molar-refractivity contribution in [3.63, 3.8) is 0 Å². The van der Waals surface area contributed by atoms with Crippen molar-refractivity contribution in [3.8, 4) is 0 Å². The van der Waals surface area contributed by atoms with E-state index in [4.69, 9.17) is 11.6 Å². The maximum atomic E-state index is 13.3. The first kappa shape index (κ1) is 34.5. The van der Waals surface area contributed by atoms with E-state index in [9.17, 15) is 24.9 Å². The van der Waals surface area contributed by atoms with E-state index in [0.29, 0.717) is 47.3 Å². The van der Waals surface area contributed by atoms with Gasteiger partial charge in [0, 0.05) is 35.6 Å². The first-order valence-corrected chi connectivity index (χ1v) is 15.3. The van der Waals surface area contributed by atoms with Crippen molar-refractivity contribution >= 4 is 29.3 Å². The maximum Gasteiger partial charge on any atom is 0.257 e. The Morgan fingerprint density at radius 3 is 2.37 bits per heavy atom. The average Bonchev–Trinajstić information content (AvgIpc) is 3.00. The molecule has 10 heteroatoms. The third-order valence-corrected chi connectivity index (χ3v) is 7.62. The number of carbonyl (C=O) groups is 1. The molecule has 2 aromatic carbocycles. The summed E-state index contributed by atoms with van der Waals surface area (Å²) >= 11 is 7.37. The molecule has 0 saturated carbocycles. The fourth-order valence-electron chi connectivity index (χ4n) is 4.08.